The number of esters is 1. The Morgan fingerprint density at radius 2 is 1.68 bits per heavy atom. The van der Waals surface area contributed by atoms with Crippen LogP contribution in [0.5, 0.6) is 0 Å². The van der Waals surface area contributed by atoms with E-state index in [0.717, 1.165) is 48.2 Å². The van der Waals surface area contributed by atoms with Crippen LogP contribution in [-0.4, -0.2) is 120 Å². The molecule has 40 heavy (non-hydrogen) atoms. The number of para-hydroxylation sites is 1. The van der Waals surface area contributed by atoms with E-state index < -0.39 is 43.5 Å². The lowest BCUT2D eigenvalue weighted by Gasteiger charge is -2.38. The van der Waals surface area contributed by atoms with Crippen molar-refractivity contribution in [2.75, 3.05) is 45.9 Å². The van der Waals surface area contributed by atoms with Crippen LogP contribution >= 0.6 is 11.8 Å². The summed E-state index contributed by atoms with van der Waals surface area (Å²) in [6, 6.07) is 16.5. The molecule has 2 aromatic rings. The van der Waals surface area contributed by atoms with E-state index in [0.29, 0.717) is 6.54 Å². The summed E-state index contributed by atoms with van der Waals surface area (Å²) in [6.45, 7) is 3.65. The number of aliphatic hydroxyl groups excluding tert-OH is 3. The molecule has 214 valence electrons. The predicted octanol–water partition coefficient (Wildman–Crippen LogP) is 0.345. The van der Waals surface area contributed by atoms with E-state index >= 15 is 0 Å². The molecular formula is C27H31N3O9S. The highest BCUT2D eigenvalue weighted by atomic mass is 32.2. The summed E-state index contributed by atoms with van der Waals surface area (Å²) in [7, 11) is 0. The Hall–Kier alpha value is -3.04. The van der Waals surface area contributed by atoms with Crippen LogP contribution < -0.4 is 0 Å². The van der Waals surface area contributed by atoms with Gasteiger partial charge in [0.25, 0.3) is 6.47 Å². The van der Waals surface area contributed by atoms with E-state index in [-0.39, 0.29) is 13.1 Å². The molecule has 0 aromatic heterocycles. The van der Waals surface area contributed by atoms with Crippen molar-refractivity contribution >= 4 is 35.7 Å². The summed E-state index contributed by atoms with van der Waals surface area (Å²) in [5.41, 5.74) is 2.09. The lowest BCUT2D eigenvalue weighted by Crippen LogP contribution is -2.59. The minimum atomic E-state index is -1.73. The molecule has 0 spiro atoms. The monoisotopic (exact) mass is 573 g/mol. The van der Waals surface area contributed by atoms with Crippen molar-refractivity contribution in [2.24, 2.45) is 4.99 Å². The van der Waals surface area contributed by atoms with Crippen molar-refractivity contribution in [1.82, 2.24) is 9.80 Å². The second-order valence-electron chi connectivity index (χ2n) is 9.45. The summed E-state index contributed by atoms with van der Waals surface area (Å²) in [6.07, 6.45) is -8.36. The first kappa shape index (κ1) is 28.5. The lowest BCUT2D eigenvalue weighted by molar-refractivity contribution is -0.331. The van der Waals surface area contributed by atoms with Crippen molar-refractivity contribution in [3.63, 3.8) is 0 Å². The van der Waals surface area contributed by atoms with Gasteiger partial charge in [-0.25, -0.2) is 9.79 Å². The molecule has 3 N–H and O–H groups in total. The van der Waals surface area contributed by atoms with Crippen LogP contribution in [0.3, 0.4) is 0 Å². The van der Waals surface area contributed by atoms with Gasteiger partial charge in [0.2, 0.25) is 12.6 Å². The fourth-order valence-corrected chi connectivity index (χ4v) is 5.71. The summed E-state index contributed by atoms with van der Waals surface area (Å²) in [5.74, 6) is 0.128. The molecule has 5 atom stereocenters. The highest BCUT2D eigenvalue weighted by Crippen LogP contribution is 2.40. The Morgan fingerprint density at radius 3 is 2.45 bits per heavy atom. The van der Waals surface area contributed by atoms with Gasteiger partial charge in [-0.15, -0.1) is 0 Å². The summed E-state index contributed by atoms with van der Waals surface area (Å²) < 4.78 is 20.0. The van der Waals surface area contributed by atoms with Crippen LogP contribution in [0.25, 0.3) is 0 Å². The highest BCUT2D eigenvalue weighted by Gasteiger charge is 2.46. The van der Waals surface area contributed by atoms with Gasteiger partial charge in [-0.3, -0.25) is 14.4 Å². The first-order valence-electron chi connectivity index (χ1n) is 12.9. The van der Waals surface area contributed by atoms with Crippen molar-refractivity contribution in [2.45, 2.75) is 40.7 Å². The maximum Gasteiger partial charge on any atom is 0.334 e. The zero-order chi connectivity index (χ0) is 28.1. The molecule has 2 fully saturated rings. The minimum absolute atomic E-state index is 0.0150. The predicted molar refractivity (Wildman–Crippen MR) is 142 cm³/mol. The number of carbonyl (C=O) groups excluding carboxylic acids is 2. The van der Waals surface area contributed by atoms with Gasteiger partial charge < -0.3 is 34.4 Å². The van der Waals surface area contributed by atoms with Gasteiger partial charge in [-0.1, -0.05) is 42.1 Å². The number of amidine groups is 1. The van der Waals surface area contributed by atoms with E-state index in [1.165, 1.54) is 4.90 Å². The van der Waals surface area contributed by atoms with Crippen LogP contribution in [0.15, 0.2) is 63.3 Å². The number of hydrogen-bond acceptors (Lipinski definition) is 13. The van der Waals surface area contributed by atoms with Crippen LogP contribution in [-0.2, 0) is 28.5 Å². The van der Waals surface area contributed by atoms with E-state index in [1.54, 1.807) is 11.8 Å². The molecule has 0 bridgehead atoms. The molecule has 0 aliphatic carbocycles. The smallest absolute Gasteiger partial charge is 0.334 e. The number of aliphatic hydroxyl groups is 3. The fraction of sp³-hybridized carbons (Fsp3) is 0.444. The van der Waals surface area contributed by atoms with Gasteiger partial charge in [0.1, 0.15) is 30.8 Å². The first-order chi connectivity index (χ1) is 19.4. The molecule has 0 amide bonds. The van der Waals surface area contributed by atoms with E-state index in [9.17, 15) is 24.9 Å². The average molecular weight is 574 g/mol. The third kappa shape index (κ3) is 6.47. The van der Waals surface area contributed by atoms with Gasteiger partial charge in [-0.05, 0) is 18.2 Å². The van der Waals surface area contributed by atoms with Crippen LogP contribution in [0.2, 0.25) is 0 Å². The third-order valence-corrected chi connectivity index (χ3v) is 7.99. The maximum absolute atomic E-state index is 12.2. The number of piperazine rings is 1. The average Bonchev–Trinajstić information content (AvgIpc) is 3.14. The van der Waals surface area contributed by atoms with E-state index in [1.807, 2.05) is 30.3 Å². The number of benzene rings is 2. The van der Waals surface area contributed by atoms with Crippen molar-refractivity contribution < 1.29 is 43.9 Å². The van der Waals surface area contributed by atoms with E-state index in [2.05, 4.69) is 32.7 Å². The normalized spacial score (nSPS) is 26.6. The van der Waals surface area contributed by atoms with Gasteiger partial charge >= 0.3 is 5.97 Å². The number of nitrogens with zero attached hydrogens (tertiary/aromatic N) is 3. The molecule has 5 rings (SSSR count). The zero-order valence-corrected chi connectivity index (χ0v) is 22.4. The van der Waals surface area contributed by atoms with Crippen molar-refractivity contribution in [3.05, 3.63) is 54.1 Å². The van der Waals surface area contributed by atoms with Crippen molar-refractivity contribution in [1.29, 1.82) is 0 Å². The van der Waals surface area contributed by atoms with Crippen molar-refractivity contribution in [3.8, 4) is 0 Å². The largest absolute Gasteiger partial charge is 0.435 e. The second-order valence-corrected chi connectivity index (χ2v) is 10.5. The molecule has 3 aliphatic rings. The number of fused-ring (bicyclic) bond motifs is 2. The molecule has 13 heteroatoms. The molecular weight excluding hydrogens is 542 g/mol. The van der Waals surface area contributed by atoms with Crippen LogP contribution in [0.4, 0.5) is 5.69 Å². The Kier molecular flexibility index (Phi) is 9.32. The maximum atomic E-state index is 12.2. The highest BCUT2D eigenvalue weighted by molar-refractivity contribution is 7.99. The summed E-state index contributed by atoms with van der Waals surface area (Å²) >= 11 is 1.73. The molecule has 0 radical (unpaired) electrons. The summed E-state index contributed by atoms with van der Waals surface area (Å²) in [5, 5.41) is 29.7. The second kappa shape index (κ2) is 13.1. The number of hydrogen-bond donors (Lipinski definition) is 3. The Morgan fingerprint density at radius 1 is 0.975 bits per heavy atom. The molecule has 2 aromatic carbocycles. The van der Waals surface area contributed by atoms with Crippen LogP contribution in [0.1, 0.15) is 5.56 Å². The number of rotatable bonds is 8. The molecule has 0 saturated carbocycles. The lowest BCUT2D eigenvalue weighted by atomic mass is 10.0. The number of ether oxygens (including phenoxy) is 4. The van der Waals surface area contributed by atoms with Gasteiger partial charge in [0, 0.05) is 48.1 Å². The minimum Gasteiger partial charge on any atom is -0.435 e. The quantitative estimate of drug-likeness (QED) is 0.227. The Labute approximate surface area is 235 Å². The molecule has 5 unspecified atom stereocenters. The van der Waals surface area contributed by atoms with E-state index in [4.69, 9.17) is 19.2 Å². The first-order valence-corrected chi connectivity index (χ1v) is 13.7. The van der Waals surface area contributed by atoms with Crippen LogP contribution in [0, 0.1) is 0 Å². The van der Waals surface area contributed by atoms with Gasteiger partial charge in [0.15, 0.2) is 0 Å². The molecule has 12 nitrogen and oxygen atoms in total. The Bertz CT molecular complexity index is 1220. The molecule has 2 saturated heterocycles. The topological polar surface area (TPSA) is 151 Å². The molecule has 3 heterocycles. The molecule has 3 aliphatic heterocycles. The fourth-order valence-electron chi connectivity index (χ4n) is 4.69. The van der Waals surface area contributed by atoms with Gasteiger partial charge in [0.05, 0.1) is 12.3 Å². The zero-order valence-electron chi connectivity index (χ0n) is 21.6. The number of carbonyl (C=O) groups is 2. The van der Waals surface area contributed by atoms with Gasteiger partial charge in [-0.2, -0.15) is 0 Å². The SMILES string of the molecule is O=COC1OC(OC(=O)COCCN2CCN(C3=Nc4ccccc4Sc4ccccc43)CC2)C(O)C(O)C1O. The number of aliphatic imine (C=N–C) groups is 1. The standard InChI is InChI=1S/C27H31N3O9S/c31-16-37-26-23(34)22(33)24(35)27(39-26)38-21(32)15-36-14-13-29-9-11-30(12-10-29)25-17-5-1-3-7-19(17)40-20-8-4-2-6-18(20)28-25/h1-8,16,22-24,26-27,33-35H,9-15H2. The summed E-state index contributed by atoms with van der Waals surface area (Å²) in [4.78, 5) is 34.6. The third-order valence-electron chi connectivity index (χ3n) is 6.85. The Balaban J connectivity index is 1.08.